The van der Waals surface area contributed by atoms with E-state index in [4.69, 9.17) is 11.6 Å². The lowest BCUT2D eigenvalue weighted by molar-refractivity contribution is -0.137. The average Bonchev–Trinajstić information content (AvgIpc) is 3.35. The van der Waals surface area contributed by atoms with Gasteiger partial charge in [-0.05, 0) is 74.5 Å². The van der Waals surface area contributed by atoms with Crippen LogP contribution in [0.1, 0.15) is 24.8 Å². The summed E-state index contributed by atoms with van der Waals surface area (Å²) in [5, 5.41) is 15.8. The molecule has 4 N–H and O–H groups in total. The maximum Gasteiger partial charge on any atom is 0.417 e. The molecule has 3 heterocycles. The number of anilines is 2. The molecule has 0 spiro atoms. The van der Waals surface area contributed by atoms with Gasteiger partial charge in [0.1, 0.15) is 4.90 Å². The number of benzene rings is 2. The molecule has 0 amide bonds. The van der Waals surface area contributed by atoms with Gasteiger partial charge >= 0.3 is 6.18 Å². The number of aliphatic hydroxyl groups is 1. The summed E-state index contributed by atoms with van der Waals surface area (Å²) in [6.45, 7) is 2.91. The fraction of sp³-hybridized carbons (Fsp3) is 0.321. The van der Waals surface area contributed by atoms with E-state index in [1.54, 1.807) is 53.5 Å². The molecule has 9 nitrogen and oxygen atoms in total. The van der Waals surface area contributed by atoms with Crippen LogP contribution in [0, 0.1) is 0 Å². The van der Waals surface area contributed by atoms with Crippen LogP contribution in [0.2, 0.25) is 5.02 Å². The molecule has 42 heavy (non-hydrogen) atoms. The van der Waals surface area contributed by atoms with Crippen molar-refractivity contribution in [2.24, 2.45) is 0 Å². The lowest BCUT2D eigenvalue weighted by Crippen LogP contribution is -2.37. The second-order valence-corrected chi connectivity index (χ2v) is 12.1. The molecule has 1 aliphatic rings. The lowest BCUT2D eigenvalue weighted by atomic mass is 10.1. The molecule has 1 fully saturated rings. The zero-order chi connectivity index (χ0) is 29.9. The van der Waals surface area contributed by atoms with Crippen LogP contribution < -0.4 is 15.4 Å². The van der Waals surface area contributed by atoms with Gasteiger partial charge in [-0.25, -0.2) is 13.1 Å². The first-order valence-corrected chi connectivity index (χ1v) is 15.2. The fourth-order valence-electron chi connectivity index (χ4n) is 4.97. The van der Waals surface area contributed by atoms with E-state index in [-0.39, 0.29) is 10.6 Å². The molecule has 0 aliphatic carbocycles. The van der Waals surface area contributed by atoms with Crippen molar-refractivity contribution in [3.8, 4) is 5.69 Å². The van der Waals surface area contributed by atoms with Crippen LogP contribution in [0.15, 0.2) is 72.0 Å². The molecule has 14 heteroatoms. The number of pyridine rings is 1. The molecule has 0 saturated carbocycles. The van der Waals surface area contributed by atoms with E-state index in [0.717, 1.165) is 38.1 Å². The first-order valence-electron chi connectivity index (χ1n) is 13.4. The first kappa shape index (κ1) is 30.1. The quantitative estimate of drug-likeness (QED) is 0.179. The summed E-state index contributed by atoms with van der Waals surface area (Å²) in [6, 6.07) is 11.6. The normalized spacial score (nSPS) is 15.5. The van der Waals surface area contributed by atoms with Gasteiger partial charge in [-0.3, -0.25) is 4.98 Å². The van der Waals surface area contributed by atoms with E-state index in [1.807, 2.05) is 0 Å². The minimum Gasteiger partial charge on any atom is -0.357 e. The van der Waals surface area contributed by atoms with Gasteiger partial charge in [-0.15, -0.1) is 0 Å². The third kappa shape index (κ3) is 6.98. The minimum absolute atomic E-state index is 0.0212. The van der Waals surface area contributed by atoms with Crippen molar-refractivity contribution >= 4 is 43.9 Å². The van der Waals surface area contributed by atoms with E-state index in [9.17, 15) is 26.7 Å². The Morgan fingerprint density at radius 2 is 1.69 bits per heavy atom. The highest BCUT2D eigenvalue weighted by Gasteiger charge is 2.33. The van der Waals surface area contributed by atoms with Gasteiger partial charge in [0.05, 0.1) is 22.3 Å². The predicted molar refractivity (Wildman–Crippen MR) is 156 cm³/mol. The monoisotopic (exact) mass is 622 g/mol. The Kier molecular flexibility index (Phi) is 8.94. The van der Waals surface area contributed by atoms with Crippen LogP contribution >= 0.6 is 11.6 Å². The van der Waals surface area contributed by atoms with Crippen molar-refractivity contribution < 1.29 is 26.7 Å². The highest BCUT2D eigenvalue weighted by molar-refractivity contribution is 7.89. The predicted octanol–water partition coefficient (Wildman–Crippen LogP) is 5.26. The molecule has 0 bridgehead atoms. The van der Waals surface area contributed by atoms with Gasteiger partial charge in [0.2, 0.25) is 16.4 Å². The molecule has 4 aromatic rings. The Bertz CT molecular complexity index is 1640. The van der Waals surface area contributed by atoms with E-state index in [1.165, 1.54) is 12.5 Å². The highest BCUT2D eigenvalue weighted by Crippen LogP contribution is 2.36. The number of fused-ring (bicyclic) bond motifs is 1. The van der Waals surface area contributed by atoms with Crippen LogP contribution in [0.3, 0.4) is 0 Å². The van der Waals surface area contributed by atoms with Gasteiger partial charge in [-0.1, -0.05) is 18.0 Å². The smallest absolute Gasteiger partial charge is 0.357 e. The summed E-state index contributed by atoms with van der Waals surface area (Å²) in [5.74, 6) is 0. The number of nitrogens with one attached hydrogen (secondary N) is 3. The number of rotatable bonds is 10. The first-order chi connectivity index (χ1) is 20.0. The van der Waals surface area contributed by atoms with Crippen LogP contribution in [-0.4, -0.2) is 60.5 Å². The molecule has 1 saturated heterocycles. The third-order valence-corrected chi connectivity index (χ3v) is 8.87. The standard InChI is InChI=1S/C28H30ClF3N6O3S/c29-24-9-6-20(16-23(24)28(30,31)32)36-27(39)35-19-4-7-21(8-5-19)38-18-26(22-10-11-33-17-25(22)38)42(40,41)34-12-15-37-13-2-1-3-14-37/h4-11,16-18,27,34-36,39H,1-3,12-15H2. The highest BCUT2D eigenvalue weighted by atomic mass is 35.5. The van der Waals surface area contributed by atoms with Crippen molar-refractivity contribution in [2.45, 2.75) is 36.7 Å². The summed E-state index contributed by atoms with van der Waals surface area (Å²) in [4.78, 5) is 6.57. The lowest BCUT2D eigenvalue weighted by Gasteiger charge is -2.26. The number of piperidine rings is 1. The summed E-state index contributed by atoms with van der Waals surface area (Å²) >= 11 is 5.66. The molecule has 224 valence electrons. The minimum atomic E-state index is -4.64. The van der Waals surface area contributed by atoms with Gasteiger partial charge in [-0.2, -0.15) is 13.2 Å². The summed E-state index contributed by atoms with van der Waals surface area (Å²) in [6.07, 6.45) is 2.09. The van der Waals surface area contributed by atoms with Gasteiger partial charge < -0.3 is 25.2 Å². The van der Waals surface area contributed by atoms with E-state index < -0.39 is 33.1 Å². The molecule has 2 aromatic carbocycles. The largest absolute Gasteiger partial charge is 0.417 e. The Hall–Kier alpha value is -3.36. The molecule has 5 rings (SSSR count). The number of aromatic nitrogens is 2. The van der Waals surface area contributed by atoms with Crippen molar-refractivity contribution in [3.05, 3.63) is 77.7 Å². The Balaban J connectivity index is 1.29. The summed E-state index contributed by atoms with van der Waals surface area (Å²) < 4.78 is 70.4. The van der Waals surface area contributed by atoms with Crippen molar-refractivity contribution in [1.82, 2.24) is 19.2 Å². The van der Waals surface area contributed by atoms with Crippen molar-refractivity contribution in [2.75, 3.05) is 36.8 Å². The third-order valence-electron chi connectivity index (χ3n) is 7.05. The molecule has 2 aromatic heterocycles. The Morgan fingerprint density at radius 1 is 1.00 bits per heavy atom. The number of halogens is 4. The number of sulfonamides is 1. The molecule has 0 radical (unpaired) electrons. The summed E-state index contributed by atoms with van der Waals surface area (Å²) in [7, 11) is -3.80. The van der Waals surface area contributed by atoms with Crippen LogP contribution in [0.5, 0.6) is 0 Å². The Labute approximate surface area is 246 Å². The molecule has 1 aliphatic heterocycles. The van der Waals surface area contributed by atoms with Gasteiger partial charge in [0.15, 0.2) is 0 Å². The molecule has 1 atom stereocenters. The molecular weight excluding hydrogens is 593 g/mol. The number of hydrogen-bond acceptors (Lipinski definition) is 7. The maximum atomic E-state index is 13.3. The zero-order valence-electron chi connectivity index (χ0n) is 22.4. The molecule has 1 unspecified atom stereocenters. The zero-order valence-corrected chi connectivity index (χ0v) is 24.0. The van der Waals surface area contributed by atoms with Crippen LogP contribution in [0.25, 0.3) is 16.6 Å². The average molecular weight is 623 g/mol. The van der Waals surface area contributed by atoms with Crippen LogP contribution in [0.4, 0.5) is 24.5 Å². The molecular formula is C28H30ClF3N6O3S. The number of aliphatic hydroxyl groups excluding tert-OH is 1. The number of alkyl halides is 3. The SMILES string of the molecule is O=S(=O)(NCCN1CCCCC1)c1cn(-c2ccc(NC(O)Nc3ccc(Cl)c(C(F)(F)F)c3)cc2)c2cnccc12. The fourth-order valence-corrected chi connectivity index (χ4v) is 6.42. The van der Waals surface area contributed by atoms with Crippen molar-refractivity contribution in [3.63, 3.8) is 0 Å². The summed E-state index contributed by atoms with van der Waals surface area (Å²) in [5.41, 5.74) is 0.707. The second-order valence-electron chi connectivity index (χ2n) is 9.99. The van der Waals surface area contributed by atoms with E-state index in [2.05, 4.69) is 25.2 Å². The number of nitrogens with zero attached hydrogens (tertiary/aromatic N) is 3. The van der Waals surface area contributed by atoms with Crippen LogP contribution in [-0.2, 0) is 16.2 Å². The number of hydrogen-bond donors (Lipinski definition) is 4. The second kappa shape index (κ2) is 12.5. The topological polar surface area (TPSA) is 112 Å². The van der Waals surface area contributed by atoms with Gasteiger partial charge in [0, 0.05) is 47.9 Å². The van der Waals surface area contributed by atoms with Crippen molar-refractivity contribution in [1.29, 1.82) is 0 Å². The van der Waals surface area contributed by atoms with Gasteiger partial charge in [0.25, 0.3) is 0 Å². The Morgan fingerprint density at radius 3 is 2.40 bits per heavy atom. The van der Waals surface area contributed by atoms with E-state index in [0.29, 0.717) is 35.4 Å². The van der Waals surface area contributed by atoms with E-state index >= 15 is 0 Å². The number of likely N-dealkylation sites (tertiary alicyclic amines) is 1. The maximum absolute atomic E-state index is 13.3.